The number of hydrogen-bond donors (Lipinski definition) is 4. The SMILES string of the molecule is CCCCC/C=C/C/C=C/CCCCCCCC(=O)OC[C@H](CO[C@H]1O[C@H](CS(=O)(=O)O)[C@@H](O)C(O)C1O)OC(=O)CCCCCCCCCCCCCCCCCCCCC. The predicted molar refractivity (Wildman–Crippen MR) is 247 cm³/mol. The van der Waals surface area contributed by atoms with E-state index >= 15 is 0 Å². The van der Waals surface area contributed by atoms with Gasteiger partial charge in [0.15, 0.2) is 12.4 Å². The van der Waals surface area contributed by atoms with Gasteiger partial charge in [-0.05, 0) is 44.9 Å². The van der Waals surface area contributed by atoms with Gasteiger partial charge in [0.25, 0.3) is 10.1 Å². The zero-order valence-electron chi connectivity index (χ0n) is 39.0. The van der Waals surface area contributed by atoms with E-state index in [1.54, 1.807) is 0 Å². The number of unbranched alkanes of at least 4 members (excludes halogenated alkanes) is 26. The van der Waals surface area contributed by atoms with E-state index in [0.717, 1.165) is 64.2 Å². The summed E-state index contributed by atoms with van der Waals surface area (Å²) in [6.07, 6.45) is 35.0. The molecule has 13 heteroatoms. The van der Waals surface area contributed by atoms with Crippen LogP contribution in [0.1, 0.15) is 219 Å². The number of aliphatic hydroxyl groups is 3. The fraction of sp³-hybridized carbons (Fsp3) is 0.878. The molecule has 62 heavy (non-hydrogen) atoms. The molecule has 12 nitrogen and oxygen atoms in total. The summed E-state index contributed by atoms with van der Waals surface area (Å²) in [5, 5.41) is 30.9. The van der Waals surface area contributed by atoms with Crippen LogP contribution in [0.5, 0.6) is 0 Å². The first-order chi connectivity index (χ1) is 30.0. The molecule has 0 bridgehead atoms. The molecular weight excluding hydrogens is 813 g/mol. The highest BCUT2D eigenvalue weighted by Gasteiger charge is 2.46. The molecule has 0 aromatic rings. The molecule has 0 spiro atoms. The first kappa shape index (κ1) is 58.1. The molecule has 0 saturated carbocycles. The molecular formula is C49H90O12S. The predicted octanol–water partition coefficient (Wildman–Crippen LogP) is 10.8. The highest BCUT2D eigenvalue weighted by molar-refractivity contribution is 7.85. The third-order valence-corrected chi connectivity index (χ3v) is 12.3. The Labute approximate surface area is 377 Å². The van der Waals surface area contributed by atoms with Crippen molar-refractivity contribution in [3.8, 4) is 0 Å². The topological polar surface area (TPSA) is 186 Å². The lowest BCUT2D eigenvalue weighted by molar-refractivity contribution is -0.297. The van der Waals surface area contributed by atoms with E-state index < -0.39 is 71.2 Å². The van der Waals surface area contributed by atoms with Gasteiger partial charge in [0, 0.05) is 12.8 Å². The zero-order valence-corrected chi connectivity index (χ0v) is 39.8. The number of carbonyl (C=O) groups excluding carboxylic acids is 2. The maximum absolute atomic E-state index is 12.9. The average Bonchev–Trinajstić information content (AvgIpc) is 3.24. The third-order valence-electron chi connectivity index (χ3n) is 11.5. The summed E-state index contributed by atoms with van der Waals surface area (Å²) < 4.78 is 54.2. The Morgan fingerprint density at radius 1 is 0.548 bits per heavy atom. The molecule has 4 N–H and O–H groups in total. The Morgan fingerprint density at radius 3 is 1.45 bits per heavy atom. The number of carbonyl (C=O) groups is 2. The van der Waals surface area contributed by atoms with Crippen LogP contribution in [0.3, 0.4) is 0 Å². The first-order valence-electron chi connectivity index (χ1n) is 24.9. The second kappa shape index (κ2) is 39.5. The summed E-state index contributed by atoms with van der Waals surface area (Å²) in [6.45, 7) is 3.75. The number of esters is 2. The normalized spacial score (nSPS) is 20.0. The van der Waals surface area contributed by atoms with Gasteiger partial charge in [-0.15, -0.1) is 0 Å². The summed E-state index contributed by atoms with van der Waals surface area (Å²) in [4.78, 5) is 25.5. The summed E-state index contributed by atoms with van der Waals surface area (Å²) in [6, 6.07) is 0. The van der Waals surface area contributed by atoms with Crippen molar-refractivity contribution >= 4 is 22.1 Å². The first-order valence-corrected chi connectivity index (χ1v) is 26.5. The molecule has 2 unspecified atom stereocenters. The second-order valence-corrected chi connectivity index (χ2v) is 19.0. The van der Waals surface area contributed by atoms with Crippen LogP contribution in [0.25, 0.3) is 0 Å². The highest BCUT2D eigenvalue weighted by Crippen LogP contribution is 2.24. The van der Waals surface area contributed by atoms with Gasteiger partial charge in [-0.3, -0.25) is 14.1 Å². The van der Waals surface area contributed by atoms with E-state index in [0.29, 0.717) is 12.8 Å². The van der Waals surface area contributed by atoms with Gasteiger partial charge in [0.1, 0.15) is 36.8 Å². The number of rotatable bonds is 42. The molecule has 1 aliphatic heterocycles. The van der Waals surface area contributed by atoms with Crippen LogP contribution in [0.4, 0.5) is 0 Å². The van der Waals surface area contributed by atoms with Gasteiger partial charge < -0.3 is 34.3 Å². The fourth-order valence-electron chi connectivity index (χ4n) is 7.65. The van der Waals surface area contributed by atoms with Gasteiger partial charge in [0.05, 0.1) is 6.61 Å². The van der Waals surface area contributed by atoms with E-state index in [-0.39, 0.29) is 19.4 Å². The molecule has 1 rings (SSSR count). The Morgan fingerprint density at radius 2 is 0.968 bits per heavy atom. The summed E-state index contributed by atoms with van der Waals surface area (Å²) in [5.41, 5.74) is 0. The highest BCUT2D eigenvalue weighted by atomic mass is 32.2. The lowest BCUT2D eigenvalue weighted by Gasteiger charge is -2.40. The Kier molecular flexibility index (Phi) is 37.0. The van der Waals surface area contributed by atoms with Crippen molar-refractivity contribution in [2.75, 3.05) is 19.0 Å². The molecule has 1 heterocycles. The zero-order chi connectivity index (χ0) is 45.5. The number of aliphatic hydroxyl groups excluding tert-OH is 3. The monoisotopic (exact) mass is 903 g/mol. The van der Waals surface area contributed by atoms with Crippen molar-refractivity contribution in [2.24, 2.45) is 0 Å². The van der Waals surface area contributed by atoms with Crippen LogP contribution in [-0.2, 0) is 38.7 Å². The van der Waals surface area contributed by atoms with Crippen LogP contribution in [0, 0.1) is 0 Å². The standard InChI is InChI=1S/C49H90O12S/c1-3-5-7-9-11-13-15-17-19-20-21-22-24-26-28-30-32-34-36-38-45(51)60-42(40-59-49-48(54)47(53)46(52)43(61-49)41-62(55,56)57)39-58-44(50)37-35-33-31-29-27-25-23-18-16-14-12-10-8-6-4-2/h12,14,18,23,42-43,46-49,52-54H,3-11,13,15-17,19-22,24-41H2,1-2H3,(H,55,56,57)/b14-12+,23-18+/t42-,43-,46-,47?,48?,49+/m1/s1. The summed E-state index contributed by atoms with van der Waals surface area (Å²) >= 11 is 0. The van der Waals surface area contributed by atoms with E-state index in [9.17, 15) is 37.9 Å². The van der Waals surface area contributed by atoms with Gasteiger partial charge in [-0.2, -0.15) is 8.42 Å². The number of hydrogen-bond acceptors (Lipinski definition) is 11. The molecule has 0 aromatic carbocycles. The van der Waals surface area contributed by atoms with Crippen molar-refractivity contribution in [1.29, 1.82) is 0 Å². The molecule has 1 saturated heterocycles. The molecule has 6 atom stereocenters. The molecule has 0 aromatic heterocycles. The average molecular weight is 903 g/mol. The Hall–Kier alpha value is -1.87. The van der Waals surface area contributed by atoms with Crippen molar-refractivity contribution in [2.45, 2.75) is 256 Å². The van der Waals surface area contributed by atoms with Crippen molar-refractivity contribution in [3.05, 3.63) is 24.3 Å². The lowest BCUT2D eigenvalue weighted by Crippen LogP contribution is -2.60. The van der Waals surface area contributed by atoms with Gasteiger partial charge >= 0.3 is 11.9 Å². The molecule has 0 aliphatic carbocycles. The molecule has 1 aliphatic rings. The smallest absolute Gasteiger partial charge is 0.306 e. The van der Waals surface area contributed by atoms with Crippen LogP contribution < -0.4 is 0 Å². The van der Waals surface area contributed by atoms with Gasteiger partial charge in [-0.25, -0.2) is 0 Å². The summed E-state index contributed by atoms with van der Waals surface area (Å²) in [7, 11) is -4.60. The molecule has 1 fully saturated rings. The number of ether oxygens (including phenoxy) is 4. The van der Waals surface area contributed by atoms with Gasteiger partial charge in [-0.1, -0.05) is 186 Å². The van der Waals surface area contributed by atoms with E-state index in [2.05, 4.69) is 38.2 Å². The Bertz CT molecular complexity index is 1240. The van der Waals surface area contributed by atoms with Crippen molar-refractivity contribution < 1.29 is 56.8 Å². The second-order valence-electron chi connectivity index (χ2n) is 17.5. The maximum atomic E-state index is 12.9. The minimum absolute atomic E-state index is 0.166. The minimum Gasteiger partial charge on any atom is -0.462 e. The fourth-order valence-corrected chi connectivity index (χ4v) is 8.34. The minimum atomic E-state index is -4.60. The van der Waals surface area contributed by atoms with E-state index in [4.69, 9.17) is 18.9 Å². The lowest BCUT2D eigenvalue weighted by atomic mass is 10.00. The number of allylic oxidation sites excluding steroid dienone is 4. The quantitative estimate of drug-likeness (QED) is 0.0197. The van der Waals surface area contributed by atoms with E-state index in [1.165, 1.54) is 116 Å². The van der Waals surface area contributed by atoms with Crippen molar-refractivity contribution in [3.63, 3.8) is 0 Å². The van der Waals surface area contributed by atoms with Gasteiger partial charge in [0.2, 0.25) is 0 Å². The van der Waals surface area contributed by atoms with Crippen LogP contribution in [0.2, 0.25) is 0 Å². The van der Waals surface area contributed by atoms with E-state index in [1.807, 2.05) is 0 Å². The van der Waals surface area contributed by atoms with Crippen molar-refractivity contribution in [1.82, 2.24) is 0 Å². The van der Waals surface area contributed by atoms with Crippen LogP contribution in [0.15, 0.2) is 24.3 Å². The molecule has 0 radical (unpaired) electrons. The molecule has 364 valence electrons. The summed E-state index contributed by atoms with van der Waals surface area (Å²) in [5.74, 6) is -1.99. The van der Waals surface area contributed by atoms with Crippen LogP contribution in [-0.4, -0.2) is 96.0 Å². The van der Waals surface area contributed by atoms with Crippen LogP contribution >= 0.6 is 0 Å². The third kappa shape index (κ3) is 33.6. The largest absolute Gasteiger partial charge is 0.462 e. The molecule has 0 amide bonds. The Balaban J connectivity index is 2.39. The maximum Gasteiger partial charge on any atom is 0.306 e.